The Hall–Kier alpha value is -2.35. The van der Waals surface area contributed by atoms with Crippen LogP contribution < -0.4 is 5.32 Å². The second kappa shape index (κ2) is 11.2. The minimum absolute atomic E-state index is 0.398. The minimum atomic E-state index is 0.398. The number of allylic oxidation sites excluding steroid dienone is 7. The van der Waals surface area contributed by atoms with Gasteiger partial charge >= 0.3 is 0 Å². The second-order valence-corrected chi connectivity index (χ2v) is 5.63. The van der Waals surface area contributed by atoms with Gasteiger partial charge in [-0.25, -0.2) is 4.99 Å². The third kappa shape index (κ3) is 8.01. The van der Waals surface area contributed by atoms with E-state index >= 15 is 0 Å². The highest BCUT2D eigenvalue weighted by molar-refractivity contribution is 5.30. The maximum atomic E-state index is 4.06. The first-order valence-corrected chi connectivity index (χ1v) is 8.06. The molecule has 0 fully saturated rings. The average molecular weight is 308 g/mol. The molecule has 0 heterocycles. The van der Waals surface area contributed by atoms with Gasteiger partial charge in [0.2, 0.25) is 0 Å². The Kier molecular flexibility index (Phi) is 9.14. The van der Waals surface area contributed by atoms with Gasteiger partial charge in [0.1, 0.15) is 5.82 Å². The number of nitrogens with one attached hydrogen (secondary N) is 1. The standard InChI is InChI=1S/C21H28N2/c1-5-6-7-9-14-20(19-12-10-8-11-13-19)17-23-21(22-4)16-15-18(2)3/h5-13,15-16,20,23H,4,14,17H2,1-3H3/b6-5-,9-7-,21-16+. The van der Waals surface area contributed by atoms with Crippen molar-refractivity contribution in [2.24, 2.45) is 4.99 Å². The molecule has 1 aromatic carbocycles. The van der Waals surface area contributed by atoms with Crippen molar-refractivity contribution in [1.29, 1.82) is 0 Å². The highest BCUT2D eigenvalue weighted by Crippen LogP contribution is 2.19. The number of rotatable bonds is 9. The zero-order valence-corrected chi connectivity index (χ0v) is 14.5. The Morgan fingerprint density at radius 2 is 1.91 bits per heavy atom. The van der Waals surface area contributed by atoms with Gasteiger partial charge in [-0.15, -0.1) is 0 Å². The smallest absolute Gasteiger partial charge is 0.125 e. The molecule has 1 rings (SSSR count). The summed E-state index contributed by atoms with van der Waals surface area (Å²) < 4.78 is 0. The van der Waals surface area contributed by atoms with Crippen LogP contribution in [0.15, 0.2) is 83.2 Å². The first-order chi connectivity index (χ1) is 11.2. The van der Waals surface area contributed by atoms with E-state index in [0.29, 0.717) is 5.92 Å². The fourth-order valence-corrected chi connectivity index (χ4v) is 2.14. The first-order valence-electron chi connectivity index (χ1n) is 8.06. The van der Waals surface area contributed by atoms with Gasteiger partial charge in [-0.3, -0.25) is 0 Å². The summed E-state index contributed by atoms with van der Waals surface area (Å²) in [5.41, 5.74) is 2.57. The number of aliphatic imine (C=N–C) groups is 1. The van der Waals surface area contributed by atoms with Gasteiger partial charge in [0.25, 0.3) is 0 Å². The molecule has 2 nitrogen and oxygen atoms in total. The normalized spacial score (nSPS) is 13.3. The van der Waals surface area contributed by atoms with E-state index in [1.165, 1.54) is 11.1 Å². The summed E-state index contributed by atoms with van der Waals surface area (Å²) in [6.45, 7) is 10.6. The summed E-state index contributed by atoms with van der Waals surface area (Å²) in [4.78, 5) is 4.06. The number of benzene rings is 1. The molecule has 1 N–H and O–H groups in total. The predicted molar refractivity (Wildman–Crippen MR) is 103 cm³/mol. The summed E-state index contributed by atoms with van der Waals surface area (Å²) in [6, 6.07) is 10.6. The van der Waals surface area contributed by atoms with E-state index in [9.17, 15) is 0 Å². The van der Waals surface area contributed by atoms with Crippen LogP contribution in [-0.2, 0) is 0 Å². The van der Waals surface area contributed by atoms with Crippen LogP contribution in [0.2, 0.25) is 0 Å². The van der Waals surface area contributed by atoms with Crippen LogP contribution in [0, 0.1) is 0 Å². The number of nitrogens with zero attached hydrogens (tertiary/aromatic N) is 1. The highest BCUT2D eigenvalue weighted by atomic mass is 15.0. The van der Waals surface area contributed by atoms with E-state index in [-0.39, 0.29) is 0 Å². The lowest BCUT2D eigenvalue weighted by Crippen LogP contribution is -2.20. The van der Waals surface area contributed by atoms with Crippen molar-refractivity contribution in [3.63, 3.8) is 0 Å². The molecule has 0 saturated heterocycles. The monoisotopic (exact) mass is 308 g/mol. The predicted octanol–water partition coefficient (Wildman–Crippen LogP) is 5.39. The minimum Gasteiger partial charge on any atom is -0.369 e. The molecule has 1 aromatic rings. The van der Waals surface area contributed by atoms with Crippen LogP contribution in [0.3, 0.4) is 0 Å². The van der Waals surface area contributed by atoms with Crippen LogP contribution in [0.4, 0.5) is 0 Å². The van der Waals surface area contributed by atoms with Crippen molar-refractivity contribution < 1.29 is 0 Å². The first kappa shape index (κ1) is 18.7. The SMILES string of the molecule is C=N/C(=C\C=C(C)C)NCC(C/C=C\C=C/C)c1ccccc1. The summed E-state index contributed by atoms with van der Waals surface area (Å²) in [5, 5.41) is 3.40. The topological polar surface area (TPSA) is 24.4 Å². The Labute approximate surface area is 141 Å². The van der Waals surface area contributed by atoms with E-state index in [1.54, 1.807) is 0 Å². The van der Waals surface area contributed by atoms with Crippen LogP contribution in [0.25, 0.3) is 0 Å². The average Bonchev–Trinajstić information content (AvgIpc) is 2.57. The fraction of sp³-hybridized carbons (Fsp3) is 0.286. The van der Waals surface area contributed by atoms with Crippen LogP contribution in [0.1, 0.15) is 38.7 Å². The lowest BCUT2D eigenvalue weighted by Gasteiger charge is -2.17. The lowest BCUT2D eigenvalue weighted by atomic mass is 9.95. The van der Waals surface area contributed by atoms with Crippen molar-refractivity contribution >= 4 is 6.72 Å². The van der Waals surface area contributed by atoms with Gasteiger partial charge in [0, 0.05) is 12.5 Å². The van der Waals surface area contributed by atoms with Crippen molar-refractivity contribution in [1.82, 2.24) is 5.32 Å². The molecule has 0 aliphatic heterocycles. The molecule has 23 heavy (non-hydrogen) atoms. The molecular formula is C21H28N2. The van der Waals surface area contributed by atoms with Gasteiger partial charge in [-0.05, 0) is 45.5 Å². The molecule has 0 spiro atoms. The maximum absolute atomic E-state index is 4.06. The Bertz CT molecular complexity index is 573. The molecule has 122 valence electrons. The fourth-order valence-electron chi connectivity index (χ4n) is 2.14. The van der Waals surface area contributed by atoms with Crippen LogP contribution in [-0.4, -0.2) is 13.3 Å². The molecule has 1 unspecified atom stereocenters. The Morgan fingerprint density at radius 1 is 1.17 bits per heavy atom. The second-order valence-electron chi connectivity index (χ2n) is 5.63. The number of hydrogen-bond donors (Lipinski definition) is 1. The molecule has 0 radical (unpaired) electrons. The van der Waals surface area contributed by atoms with Crippen molar-refractivity contribution in [3.8, 4) is 0 Å². The summed E-state index contributed by atoms with van der Waals surface area (Å²) >= 11 is 0. The van der Waals surface area contributed by atoms with E-state index in [1.807, 2.05) is 25.2 Å². The molecule has 1 atom stereocenters. The maximum Gasteiger partial charge on any atom is 0.125 e. The highest BCUT2D eigenvalue weighted by Gasteiger charge is 2.09. The third-order valence-corrected chi connectivity index (χ3v) is 3.41. The van der Waals surface area contributed by atoms with Gasteiger partial charge in [0.15, 0.2) is 0 Å². The van der Waals surface area contributed by atoms with Gasteiger partial charge in [0.05, 0.1) is 0 Å². The zero-order chi connectivity index (χ0) is 16.9. The molecule has 0 aliphatic rings. The molecular weight excluding hydrogens is 280 g/mol. The largest absolute Gasteiger partial charge is 0.369 e. The van der Waals surface area contributed by atoms with Crippen molar-refractivity contribution in [3.05, 3.63) is 83.7 Å². The summed E-state index contributed by atoms with van der Waals surface area (Å²) in [5.74, 6) is 1.21. The van der Waals surface area contributed by atoms with E-state index in [2.05, 4.69) is 79.4 Å². The Balaban J connectivity index is 2.78. The van der Waals surface area contributed by atoms with Gasteiger partial charge in [-0.1, -0.05) is 66.3 Å². The van der Waals surface area contributed by atoms with E-state index in [0.717, 1.165) is 18.8 Å². The molecule has 0 saturated carbocycles. The quantitative estimate of drug-likeness (QED) is 0.480. The molecule has 2 heteroatoms. The molecule has 0 aliphatic carbocycles. The molecule has 0 bridgehead atoms. The van der Waals surface area contributed by atoms with Crippen LogP contribution in [0.5, 0.6) is 0 Å². The van der Waals surface area contributed by atoms with Gasteiger partial charge < -0.3 is 5.32 Å². The molecule has 0 amide bonds. The summed E-state index contributed by atoms with van der Waals surface area (Å²) in [6.07, 6.45) is 13.4. The van der Waals surface area contributed by atoms with Gasteiger partial charge in [-0.2, -0.15) is 0 Å². The Morgan fingerprint density at radius 3 is 2.52 bits per heavy atom. The van der Waals surface area contributed by atoms with E-state index in [4.69, 9.17) is 0 Å². The van der Waals surface area contributed by atoms with Crippen LogP contribution >= 0.6 is 0 Å². The lowest BCUT2D eigenvalue weighted by molar-refractivity contribution is 0.634. The third-order valence-electron chi connectivity index (χ3n) is 3.41. The van der Waals surface area contributed by atoms with Crippen molar-refractivity contribution in [2.75, 3.05) is 6.54 Å². The van der Waals surface area contributed by atoms with E-state index < -0.39 is 0 Å². The van der Waals surface area contributed by atoms with Crippen molar-refractivity contribution in [2.45, 2.75) is 33.1 Å². The number of hydrogen-bond acceptors (Lipinski definition) is 2. The molecule has 0 aromatic heterocycles. The summed E-state index contributed by atoms with van der Waals surface area (Å²) in [7, 11) is 0. The zero-order valence-electron chi connectivity index (χ0n) is 14.5.